The molecule has 0 radical (unpaired) electrons. The molecule has 3 N–H and O–H groups in total. The number of likely N-dealkylation sites (tertiary alicyclic amines) is 1. The number of rotatable bonds is 2. The van der Waals surface area contributed by atoms with Crippen LogP contribution in [-0.2, 0) is 11.8 Å². The Labute approximate surface area is 152 Å². The van der Waals surface area contributed by atoms with Gasteiger partial charge in [-0.1, -0.05) is 24.6 Å². The van der Waals surface area contributed by atoms with Gasteiger partial charge in [0.1, 0.15) is 17.8 Å². The second-order valence-electron chi connectivity index (χ2n) is 8.89. The van der Waals surface area contributed by atoms with Crippen molar-refractivity contribution in [2.45, 2.75) is 61.4 Å². The number of aliphatic hydroxyl groups is 2. The van der Waals surface area contributed by atoms with Crippen molar-refractivity contribution in [2.75, 3.05) is 13.1 Å². The van der Waals surface area contributed by atoms with E-state index in [1.54, 1.807) is 12.1 Å². The highest BCUT2D eigenvalue weighted by molar-refractivity contribution is 5.63. The minimum atomic E-state index is -1.06. The molecule has 5 nitrogen and oxygen atoms in total. The molecule has 1 spiro atoms. The number of piperidine rings is 1. The van der Waals surface area contributed by atoms with E-state index < -0.39 is 23.2 Å². The van der Waals surface area contributed by atoms with Gasteiger partial charge in [-0.05, 0) is 49.8 Å². The van der Waals surface area contributed by atoms with E-state index in [1.807, 2.05) is 12.1 Å². The molecule has 0 aromatic heterocycles. The molecule has 5 aliphatic rings. The zero-order valence-corrected chi connectivity index (χ0v) is 14.8. The van der Waals surface area contributed by atoms with E-state index in [1.165, 1.54) is 19.3 Å². The standard InChI is InChI=1S/C21H25NO4/c23-14-5-4-13-10-16-21(25)7-6-15(24)19-20(21,17(13)18(14)26-19)8-9-22(16)11-12-2-1-3-12/h4-7,12,15-16,19,23-25H,1-3,8-11H2/t15-,16+,19-,20-,21+/m0/s1. The van der Waals surface area contributed by atoms with Crippen LogP contribution >= 0.6 is 0 Å². The summed E-state index contributed by atoms with van der Waals surface area (Å²) in [4.78, 5) is 2.47. The normalized spacial score (nSPS) is 42.9. The molecule has 6 rings (SSSR count). The highest BCUT2D eigenvalue weighted by Crippen LogP contribution is 2.64. The molecule has 1 aromatic carbocycles. The molecule has 1 aromatic rings. The maximum atomic E-state index is 12.0. The predicted molar refractivity (Wildman–Crippen MR) is 95.3 cm³/mol. The highest BCUT2D eigenvalue weighted by atomic mass is 16.5. The summed E-state index contributed by atoms with van der Waals surface area (Å²) in [6, 6.07) is 3.67. The molecule has 138 valence electrons. The summed E-state index contributed by atoms with van der Waals surface area (Å²) >= 11 is 0. The highest BCUT2D eigenvalue weighted by Gasteiger charge is 2.71. The maximum absolute atomic E-state index is 12.0. The fraction of sp³-hybridized carbons (Fsp3) is 0.619. The average Bonchev–Trinajstić information content (AvgIpc) is 2.93. The van der Waals surface area contributed by atoms with Gasteiger partial charge in [0.05, 0.1) is 5.41 Å². The van der Waals surface area contributed by atoms with Crippen LogP contribution in [0.4, 0.5) is 0 Å². The van der Waals surface area contributed by atoms with Crippen molar-refractivity contribution in [2.24, 2.45) is 5.92 Å². The number of phenolic OH excluding ortho intramolecular Hbond substituents is 1. The van der Waals surface area contributed by atoms with Crippen molar-refractivity contribution in [3.05, 3.63) is 35.4 Å². The Kier molecular flexibility index (Phi) is 2.88. The first kappa shape index (κ1) is 15.5. The van der Waals surface area contributed by atoms with Crippen LogP contribution in [0.5, 0.6) is 11.5 Å². The van der Waals surface area contributed by atoms with Gasteiger partial charge in [-0.25, -0.2) is 0 Å². The molecule has 3 aliphatic carbocycles. The number of aromatic hydroxyl groups is 1. The molecule has 0 amide bonds. The average molecular weight is 355 g/mol. The van der Waals surface area contributed by atoms with Gasteiger partial charge in [-0.2, -0.15) is 0 Å². The van der Waals surface area contributed by atoms with Crippen LogP contribution in [0.2, 0.25) is 0 Å². The molecule has 1 saturated heterocycles. The Hall–Kier alpha value is -1.56. The van der Waals surface area contributed by atoms with Gasteiger partial charge in [0.25, 0.3) is 0 Å². The Morgan fingerprint density at radius 3 is 2.88 bits per heavy atom. The summed E-state index contributed by atoms with van der Waals surface area (Å²) in [7, 11) is 0. The van der Waals surface area contributed by atoms with E-state index >= 15 is 0 Å². The molecule has 5 heteroatoms. The number of benzene rings is 1. The zero-order chi connectivity index (χ0) is 17.7. The van der Waals surface area contributed by atoms with E-state index in [9.17, 15) is 15.3 Å². The van der Waals surface area contributed by atoms with E-state index in [-0.39, 0.29) is 11.8 Å². The molecule has 2 aliphatic heterocycles. The van der Waals surface area contributed by atoms with Crippen LogP contribution in [0.25, 0.3) is 0 Å². The van der Waals surface area contributed by atoms with Gasteiger partial charge < -0.3 is 20.1 Å². The van der Waals surface area contributed by atoms with Crippen LogP contribution < -0.4 is 4.74 Å². The van der Waals surface area contributed by atoms with Crippen LogP contribution in [-0.4, -0.2) is 57.2 Å². The molecule has 2 fully saturated rings. The van der Waals surface area contributed by atoms with Crippen molar-refractivity contribution in [3.63, 3.8) is 0 Å². The summed E-state index contributed by atoms with van der Waals surface area (Å²) < 4.78 is 6.11. The topological polar surface area (TPSA) is 73.2 Å². The number of aliphatic hydroxyl groups excluding tert-OH is 1. The third kappa shape index (κ3) is 1.59. The first-order valence-corrected chi connectivity index (χ1v) is 9.90. The minimum Gasteiger partial charge on any atom is -0.504 e. The van der Waals surface area contributed by atoms with Gasteiger partial charge in [0.15, 0.2) is 11.5 Å². The van der Waals surface area contributed by atoms with Gasteiger partial charge >= 0.3 is 0 Å². The molecule has 2 heterocycles. The fourth-order valence-corrected chi connectivity index (χ4v) is 6.39. The molecule has 0 unspecified atom stereocenters. The summed E-state index contributed by atoms with van der Waals surface area (Å²) in [5.74, 6) is 1.33. The van der Waals surface area contributed by atoms with Crippen LogP contribution in [0.15, 0.2) is 24.3 Å². The number of ether oxygens (including phenoxy) is 1. The first-order valence-electron chi connectivity index (χ1n) is 9.90. The zero-order valence-electron chi connectivity index (χ0n) is 14.8. The first-order chi connectivity index (χ1) is 12.5. The molecular formula is C21H25NO4. The van der Waals surface area contributed by atoms with Crippen molar-refractivity contribution in [1.29, 1.82) is 0 Å². The maximum Gasteiger partial charge on any atom is 0.165 e. The number of hydrogen-bond acceptors (Lipinski definition) is 5. The lowest BCUT2D eigenvalue weighted by molar-refractivity contribution is -0.159. The van der Waals surface area contributed by atoms with Crippen molar-refractivity contribution in [3.8, 4) is 11.5 Å². The molecule has 1 saturated carbocycles. The van der Waals surface area contributed by atoms with Crippen molar-refractivity contribution >= 4 is 0 Å². The number of nitrogens with zero attached hydrogens (tertiary/aromatic N) is 1. The molecule has 5 atom stereocenters. The number of phenols is 1. The van der Waals surface area contributed by atoms with Gasteiger partial charge in [0.2, 0.25) is 0 Å². The third-order valence-corrected chi connectivity index (χ3v) is 7.85. The van der Waals surface area contributed by atoms with Crippen LogP contribution in [0.1, 0.15) is 36.8 Å². The summed E-state index contributed by atoms with van der Waals surface area (Å²) in [5, 5.41) is 33.0. The lowest BCUT2D eigenvalue weighted by Gasteiger charge is -2.62. The van der Waals surface area contributed by atoms with Crippen molar-refractivity contribution < 1.29 is 20.1 Å². The van der Waals surface area contributed by atoms with Gasteiger partial charge in [0, 0.05) is 18.2 Å². The fourth-order valence-electron chi connectivity index (χ4n) is 6.39. The van der Waals surface area contributed by atoms with E-state index in [0.717, 1.165) is 43.0 Å². The van der Waals surface area contributed by atoms with Crippen LogP contribution in [0, 0.1) is 5.92 Å². The van der Waals surface area contributed by atoms with Crippen molar-refractivity contribution in [1.82, 2.24) is 4.90 Å². The largest absolute Gasteiger partial charge is 0.504 e. The van der Waals surface area contributed by atoms with E-state index in [4.69, 9.17) is 4.74 Å². The smallest absolute Gasteiger partial charge is 0.165 e. The lowest BCUT2D eigenvalue weighted by Crippen LogP contribution is -2.75. The van der Waals surface area contributed by atoms with Gasteiger partial charge in [-0.3, -0.25) is 4.90 Å². The molecule has 2 bridgehead atoms. The van der Waals surface area contributed by atoms with Crippen LogP contribution in [0.3, 0.4) is 0 Å². The Morgan fingerprint density at radius 1 is 1.27 bits per heavy atom. The molecule has 26 heavy (non-hydrogen) atoms. The minimum absolute atomic E-state index is 0.00491. The lowest BCUT2D eigenvalue weighted by atomic mass is 9.50. The molecular weight excluding hydrogens is 330 g/mol. The Bertz CT molecular complexity index is 818. The quantitative estimate of drug-likeness (QED) is 0.701. The second-order valence-corrected chi connectivity index (χ2v) is 8.89. The van der Waals surface area contributed by atoms with Gasteiger partial charge in [-0.15, -0.1) is 0 Å². The monoisotopic (exact) mass is 355 g/mol. The summed E-state index contributed by atoms with van der Waals surface area (Å²) in [5.41, 5.74) is 0.359. The van der Waals surface area contributed by atoms with E-state index in [0.29, 0.717) is 5.75 Å². The second kappa shape index (κ2) is 4.83. The SMILES string of the molecule is Oc1ccc2c3c1O[C@H]1[C@@H](O)C=C[C@@]4(O)[C@@H](C2)N(CC2CCC2)CC[C@]314. The Balaban J connectivity index is 1.54. The van der Waals surface area contributed by atoms with E-state index in [2.05, 4.69) is 4.90 Å². The third-order valence-electron chi connectivity index (χ3n) is 7.85. The summed E-state index contributed by atoms with van der Waals surface area (Å²) in [6.07, 6.45) is 7.62. The Morgan fingerprint density at radius 2 is 2.12 bits per heavy atom. The number of hydrogen-bond donors (Lipinski definition) is 3. The summed E-state index contributed by atoms with van der Waals surface area (Å²) in [6.45, 7) is 1.95. The predicted octanol–water partition coefficient (Wildman–Crippen LogP) is 1.48.